The fourth-order valence-corrected chi connectivity index (χ4v) is 1.67. The molecule has 0 bridgehead atoms. The summed E-state index contributed by atoms with van der Waals surface area (Å²) in [5, 5.41) is 11.7. The highest BCUT2D eigenvalue weighted by molar-refractivity contribution is 6.43. The minimum Gasteiger partial charge on any atom is -0.480 e. The van der Waals surface area contributed by atoms with Crippen LogP contribution in [0.2, 0.25) is 10.0 Å². The summed E-state index contributed by atoms with van der Waals surface area (Å²) in [6.45, 7) is -0.258. The largest absolute Gasteiger partial charge is 0.480 e. The molecule has 7 heteroatoms. The number of carboxylic acid groups (broad SMARTS) is 1. The second kappa shape index (κ2) is 6.58. The Balaban J connectivity index is 2.59. The Hall–Kier alpha value is -1.30. The zero-order valence-electron chi connectivity index (χ0n) is 9.61. The standard InChI is InChI=1S/C11H12Cl2N2O3/c1-15(6-10(17)18)5-9(16)14-8-4-2-3-7(12)11(8)13/h2-4H,5-6H2,1H3,(H,14,16)(H,17,18). The molecule has 2 N–H and O–H groups in total. The number of benzene rings is 1. The van der Waals surface area contributed by atoms with E-state index in [4.69, 9.17) is 28.3 Å². The van der Waals surface area contributed by atoms with Crippen molar-refractivity contribution in [2.24, 2.45) is 0 Å². The first-order valence-electron chi connectivity index (χ1n) is 5.04. The van der Waals surface area contributed by atoms with Gasteiger partial charge in [-0.15, -0.1) is 0 Å². The molecular weight excluding hydrogens is 279 g/mol. The van der Waals surface area contributed by atoms with E-state index in [0.29, 0.717) is 10.7 Å². The van der Waals surface area contributed by atoms with Crippen molar-refractivity contribution in [1.29, 1.82) is 0 Å². The second-order valence-corrected chi connectivity index (χ2v) is 4.50. The van der Waals surface area contributed by atoms with Gasteiger partial charge in [-0.1, -0.05) is 29.3 Å². The molecule has 0 atom stereocenters. The topological polar surface area (TPSA) is 69.6 Å². The molecule has 0 aliphatic rings. The van der Waals surface area contributed by atoms with Crippen LogP contribution < -0.4 is 5.32 Å². The number of nitrogens with zero attached hydrogens (tertiary/aromatic N) is 1. The summed E-state index contributed by atoms with van der Waals surface area (Å²) in [6.07, 6.45) is 0. The van der Waals surface area contributed by atoms with Crippen LogP contribution in [-0.4, -0.2) is 42.0 Å². The lowest BCUT2D eigenvalue weighted by atomic mass is 10.3. The maximum absolute atomic E-state index is 11.6. The lowest BCUT2D eigenvalue weighted by Crippen LogP contribution is -2.33. The fraction of sp³-hybridized carbons (Fsp3) is 0.273. The summed E-state index contributed by atoms with van der Waals surface area (Å²) < 4.78 is 0. The van der Waals surface area contributed by atoms with Crippen LogP contribution in [0.3, 0.4) is 0 Å². The number of carbonyl (C=O) groups excluding carboxylic acids is 1. The van der Waals surface area contributed by atoms with Crippen molar-refractivity contribution in [3.63, 3.8) is 0 Å². The van der Waals surface area contributed by atoms with Crippen molar-refractivity contribution >= 4 is 40.8 Å². The molecule has 0 heterocycles. The number of carboxylic acids is 1. The Bertz CT molecular complexity index is 466. The minimum absolute atomic E-state index is 0.0465. The third-order valence-corrected chi connectivity index (χ3v) is 2.86. The quantitative estimate of drug-likeness (QED) is 0.870. The van der Waals surface area contributed by atoms with Crippen LogP contribution >= 0.6 is 23.2 Å². The van der Waals surface area contributed by atoms with Crippen LogP contribution in [0.1, 0.15) is 0 Å². The monoisotopic (exact) mass is 290 g/mol. The molecule has 18 heavy (non-hydrogen) atoms. The normalized spacial score (nSPS) is 10.4. The van der Waals surface area contributed by atoms with Gasteiger partial charge in [0, 0.05) is 0 Å². The van der Waals surface area contributed by atoms with Crippen molar-refractivity contribution in [2.75, 3.05) is 25.5 Å². The average molecular weight is 291 g/mol. The van der Waals surface area contributed by atoms with E-state index in [9.17, 15) is 9.59 Å². The third-order valence-electron chi connectivity index (χ3n) is 2.04. The third kappa shape index (κ3) is 4.52. The molecule has 5 nitrogen and oxygen atoms in total. The van der Waals surface area contributed by atoms with Gasteiger partial charge in [0.15, 0.2) is 0 Å². The Morgan fingerprint density at radius 2 is 2.00 bits per heavy atom. The van der Waals surface area contributed by atoms with Crippen LogP contribution in [0.15, 0.2) is 18.2 Å². The highest BCUT2D eigenvalue weighted by atomic mass is 35.5. The molecule has 0 radical (unpaired) electrons. The Kier molecular flexibility index (Phi) is 5.40. The van der Waals surface area contributed by atoms with Gasteiger partial charge in [-0.05, 0) is 19.2 Å². The minimum atomic E-state index is -0.994. The number of hydrogen-bond acceptors (Lipinski definition) is 3. The van der Waals surface area contributed by atoms with Gasteiger partial charge in [-0.3, -0.25) is 14.5 Å². The average Bonchev–Trinajstić information content (AvgIpc) is 2.23. The molecule has 0 saturated heterocycles. The molecule has 1 aromatic rings. The maximum Gasteiger partial charge on any atom is 0.317 e. The van der Waals surface area contributed by atoms with Gasteiger partial charge in [0.05, 0.1) is 28.8 Å². The molecular formula is C11H12Cl2N2O3. The highest BCUT2D eigenvalue weighted by Gasteiger charge is 2.12. The lowest BCUT2D eigenvalue weighted by molar-refractivity contribution is -0.138. The summed E-state index contributed by atoms with van der Waals surface area (Å²) in [5.74, 6) is -1.35. The summed E-state index contributed by atoms with van der Waals surface area (Å²) >= 11 is 11.7. The SMILES string of the molecule is CN(CC(=O)O)CC(=O)Nc1cccc(Cl)c1Cl. The van der Waals surface area contributed by atoms with Crippen molar-refractivity contribution in [1.82, 2.24) is 4.90 Å². The molecule has 1 aromatic carbocycles. The molecule has 1 amide bonds. The number of nitrogens with one attached hydrogen (secondary N) is 1. The number of hydrogen-bond donors (Lipinski definition) is 2. The van der Waals surface area contributed by atoms with Gasteiger partial charge in [-0.2, -0.15) is 0 Å². The van der Waals surface area contributed by atoms with Crippen LogP contribution in [0.4, 0.5) is 5.69 Å². The summed E-state index contributed by atoms with van der Waals surface area (Å²) in [4.78, 5) is 23.4. The molecule has 0 unspecified atom stereocenters. The number of likely N-dealkylation sites (N-methyl/N-ethyl adjacent to an activating group) is 1. The Morgan fingerprint density at radius 3 is 2.61 bits per heavy atom. The highest BCUT2D eigenvalue weighted by Crippen LogP contribution is 2.29. The second-order valence-electron chi connectivity index (χ2n) is 3.72. The Morgan fingerprint density at radius 1 is 1.33 bits per heavy atom. The van der Waals surface area contributed by atoms with Crippen molar-refractivity contribution < 1.29 is 14.7 Å². The number of anilines is 1. The maximum atomic E-state index is 11.6. The van der Waals surface area contributed by atoms with Gasteiger partial charge in [-0.25, -0.2) is 0 Å². The zero-order valence-corrected chi connectivity index (χ0v) is 11.1. The molecule has 1 rings (SSSR count). The van der Waals surface area contributed by atoms with Crippen molar-refractivity contribution in [3.8, 4) is 0 Å². The number of halogens is 2. The lowest BCUT2D eigenvalue weighted by Gasteiger charge is -2.14. The van der Waals surface area contributed by atoms with Gasteiger partial charge < -0.3 is 10.4 Å². The predicted octanol–water partition coefficient (Wildman–Crippen LogP) is 1.95. The summed E-state index contributed by atoms with van der Waals surface area (Å²) in [5.41, 5.74) is 0.401. The number of carbonyl (C=O) groups is 2. The van der Waals surface area contributed by atoms with Gasteiger partial charge >= 0.3 is 5.97 Å². The number of rotatable bonds is 5. The van der Waals surface area contributed by atoms with E-state index in [1.165, 1.54) is 11.9 Å². The molecule has 0 fully saturated rings. The van der Waals surface area contributed by atoms with E-state index in [1.54, 1.807) is 18.2 Å². The number of aliphatic carboxylic acids is 1. The van der Waals surface area contributed by atoms with Gasteiger partial charge in [0.2, 0.25) is 5.91 Å². The van der Waals surface area contributed by atoms with Gasteiger partial charge in [0.1, 0.15) is 0 Å². The van der Waals surface area contributed by atoms with Crippen LogP contribution in [0.5, 0.6) is 0 Å². The molecule has 0 aliphatic carbocycles. The summed E-state index contributed by atoms with van der Waals surface area (Å²) in [7, 11) is 1.53. The predicted molar refractivity (Wildman–Crippen MR) is 70.2 cm³/mol. The number of amides is 1. The van der Waals surface area contributed by atoms with E-state index >= 15 is 0 Å². The van der Waals surface area contributed by atoms with Crippen molar-refractivity contribution in [3.05, 3.63) is 28.2 Å². The fourth-order valence-electron chi connectivity index (χ4n) is 1.32. The molecule has 98 valence electrons. The van der Waals surface area contributed by atoms with E-state index in [2.05, 4.69) is 5.32 Å². The Labute approximate surface area is 114 Å². The van der Waals surface area contributed by atoms with Crippen LogP contribution in [0, 0.1) is 0 Å². The zero-order chi connectivity index (χ0) is 13.7. The van der Waals surface area contributed by atoms with E-state index in [-0.39, 0.29) is 24.0 Å². The first-order chi connectivity index (χ1) is 8.40. The van der Waals surface area contributed by atoms with Gasteiger partial charge in [0.25, 0.3) is 0 Å². The van der Waals surface area contributed by atoms with Crippen LogP contribution in [-0.2, 0) is 9.59 Å². The molecule has 0 aliphatic heterocycles. The smallest absolute Gasteiger partial charge is 0.317 e. The first-order valence-corrected chi connectivity index (χ1v) is 5.80. The van der Waals surface area contributed by atoms with E-state index in [1.807, 2.05) is 0 Å². The molecule has 0 saturated carbocycles. The van der Waals surface area contributed by atoms with Crippen molar-refractivity contribution in [2.45, 2.75) is 0 Å². The first kappa shape index (κ1) is 14.8. The van der Waals surface area contributed by atoms with Crippen LogP contribution in [0.25, 0.3) is 0 Å². The van der Waals surface area contributed by atoms with E-state index in [0.717, 1.165) is 0 Å². The van der Waals surface area contributed by atoms with E-state index < -0.39 is 5.97 Å². The summed E-state index contributed by atoms with van der Waals surface area (Å²) in [6, 6.07) is 4.88. The molecule has 0 aromatic heterocycles. The molecule has 0 spiro atoms.